The summed E-state index contributed by atoms with van der Waals surface area (Å²) in [5.41, 5.74) is 0. The number of carbonyl (C=O) groups excluding carboxylic acids is 4. The monoisotopic (exact) mass is 1490 g/mol. The number of rotatable bonds is 82. The highest BCUT2D eigenvalue weighted by molar-refractivity contribution is 7.47. The average Bonchev–Trinajstić information content (AvgIpc) is 1.00. The van der Waals surface area contributed by atoms with Crippen molar-refractivity contribution in [2.24, 2.45) is 11.8 Å². The number of phosphoric ester groups is 2. The average molecular weight is 1490 g/mol. The third kappa shape index (κ3) is 74.9. The first-order valence-electron chi connectivity index (χ1n) is 43.0. The van der Waals surface area contributed by atoms with Gasteiger partial charge in [0.25, 0.3) is 0 Å². The van der Waals surface area contributed by atoms with Crippen LogP contribution in [0.25, 0.3) is 0 Å². The van der Waals surface area contributed by atoms with Crippen LogP contribution in [0.5, 0.6) is 0 Å². The maximum absolute atomic E-state index is 13.1. The molecule has 102 heavy (non-hydrogen) atoms. The molecule has 19 heteroatoms. The van der Waals surface area contributed by atoms with Crippen molar-refractivity contribution in [1.82, 2.24) is 0 Å². The Morgan fingerprint density at radius 2 is 0.500 bits per heavy atom. The molecule has 3 unspecified atom stereocenters. The van der Waals surface area contributed by atoms with Crippen LogP contribution in [0.2, 0.25) is 0 Å². The van der Waals surface area contributed by atoms with E-state index in [1.54, 1.807) is 0 Å². The first kappa shape index (κ1) is 100. The zero-order chi connectivity index (χ0) is 74.9. The van der Waals surface area contributed by atoms with Crippen LogP contribution in [0, 0.1) is 11.8 Å². The lowest BCUT2D eigenvalue weighted by Gasteiger charge is -2.21. The minimum Gasteiger partial charge on any atom is -0.462 e. The number of phosphoric acid groups is 2. The summed E-state index contributed by atoms with van der Waals surface area (Å²) >= 11 is 0. The first-order chi connectivity index (χ1) is 49.4. The van der Waals surface area contributed by atoms with Gasteiger partial charge >= 0.3 is 39.5 Å². The van der Waals surface area contributed by atoms with Crippen molar-refractivity contribution in [2.45, 2.75) is 458 Å². The van der Waals surface area contributed by atoms with E-state index >= 15 is 0 Å². The Balaban J connectivity index is 5.23. The number of hydrogen-bond acceptors (Lipinski definition) is 15. The maximum Gasteiger partial charge on any atom is 0.472 e. The van der Waals surface area contributed by atoms with Crippen molar-refractivity contribution in [1.29, 1.82) is 0 Å². The maximum atomic E-state index is 13.1. The molecule has 0 saturated heterocycles. The normalized spacial score (nSPS) is 14.1. The molecule has 3 N–H and O–H groups in total. The van der Waals surface area contributed by atoms with E-state index in [1.807, 2.05) is 0 Å². The molecule has 0 amide bonds. The summed E-state index contributed by atoms with van der Waals surface area (Å²) in [6.45, 7) is 9.61. The topological polar surface area (TPSA) is 237 Å². The molecule has 0 aromatic rings. The van der Waals surface area contributed by atoms with Crippen LogP contribution >= 0.6 is 15.6 Å². The Hall–Kier alpha value is -1.94. The quantitative estimate of drug-likeness (QED) is 0.0222. The molecule has 606 valence electrons. The van der Waals surface area contributed by atoms with Crippen LogP contribution in [-0.2, 0) is 65.4 Å². The van der Waals surface area contributed by atoms with Crippen molar-refractivity contribution in [3.05, 3.63) is 0 Å². The van der Waals surface area contributed by atoms with Gasteiger partial charge < -0.3 is 33.8 Å². The number of aliphatic hydroxyl groups is 1. The van der Waals surface area contributed by atoms with Crippen molar-refractivity contribution in [2.75, 3.05) is 39.6 Å². The predicted octanol–water partition coefficient (Wildman–Crippen LogP) is 25.1. The van der Waals surface area contributed by atoms with Gasteiger partial charge in [0.1, 0.15) is 19.3 Å². The summed E-state index contributed by atoms with van der Waals surface area (Å²) in [7, 11) is -9.92. The summed E-state index contributed by atoms with van der Waals surface area (Å²) in [5.74, 6) is -0.612. The van der Waals surface area contributed by atoms with Gasteiger partial charge in [0.05, 0.1) is 26.4 Å². The van der Waals surface area contributed by atoms with Crippen molar-refractivity contribution < 1.29 is 80.2 Å². The third-order valence-electron chi connectivity index (χ3n) is 19.8. The summed E-state index contributed by atoms with van der Waals surface area (Å²) in [5, 5.41) is 10.7. The predicted molar refractivity (Wildman–Crippen MR) is 418 cm³/mol. The minimum atomic E-state index is -4.96. The van der Waals surface area contributed by atoms with Gasteiger partial charge in [-0.05, 0) is 37.5 Å². The Morgan fingerprint density at radius 3 is 0.745 bits per heavy atom. The summed E-state index contributed by atoms with van der Waals surface area (Å²) in [4.78, 5) is 73.1. The Morgan fingerprint density at radius 1 is 0.284 bits per heavy atom. The lowest BCUT2D eigenvalue weighted by molar-refractivity contribution is -0.161. The fraction of sp³-hybridized carbons (Fsp3) is 0.952. The Bertz CT molecular complexity index is 1960. The minimum absolute atomic E-state index is 0.106. The van der Waals surface area contributed by atoms with Gasteiger partial charge in [-0.1, -0.05) is 388 Å². The number of carbonyl (C=O) groups is 4. The first-order valence-corrected chi connectivity index (χ1v) is 46.0. The lowest BCUT2D eigenvalue weighted by atomic mass is 10.00. The molecule has 0 spiro atoms. The number of ether oxygens (including phenoxy) is 4. The highest BCUT2D eigenvalue weighted by Gasteiger charge is 2.30. The molecule has 0 rings (SSSR count). The molecule has 0 aliphatic carbocycles. The molecular formula is C83H162O17P2. The SMILES string of the molecule is CCCCCCCCCCCCCCCCCCCCCCC(=O)O[C@H](COC(=O)CCCCCCCCCCCCCCCCCCCC)COP(=O)(O)OC[C@@H](O)COP(=O)(O)OC[C@@H](COC(=O)CCCCCCCCC(C)CC)OC(=O)CCCCCCCCCCCCCC(C)C. The van der Waals surface area contributed by atoms with Crippen molar-refractivity contribution in [3.63, 3.8) is 0 Å². The molecule has 0 aliphatic heterocycles. The second kappa shape index (κ2) is 74.5. The van der Waals surface area contributed by atoms with Crippen LogP contribution in [0.1, 0.15) is 440 Å². The van der Waals surface area contributed by atoms with Crippen LogP contribution in [-0.4, -0.2) is 96.7 Å². The second-order valence-electron chi connectivity index (χ2n) is 30.6. The molecule has 0 fully saturated rings. The molecule has 17 nitrogen and oxygen atoms in total. The van der Waals surface area contributed by atoms with E-state index in [1.165, 1.54) is 250 Å². The molecule has 6 atom stereocenters. The highest BCUT2D eigenvalue weighted by Crippen LogP contribution is 2.45. The third-order valence-corrected chi connectivity index (χ3v) is 21.7. The number of esters is 4. The van der Waals surface area contributed by atoms with Gasteiger partial charge in [-0.2, -0.15) is 0 Å². The summed E-state index contributed by atoms with van der Waals surface area (Å²) in [6, 6.07) is 0. The molecule has 0 bridgehead atoms. The zero-order valence-electron chi connectivity index (χ0n) is 66.9. The number of aliphatic hydroxyl groups excluding tert-OH is 1. The lowest BCUT2D eigenvalue weighted by Crippen LogP contribution is -2.30. The van der Waals surface area contributed by atoms with Crippen LogP contribution < -0.4 is 0 Å². The molecular weight excluding hydrogens is 1330 g/mol. The highest BCUT2D eigenvalue weighted by atomic mass is 31.2. The fourth-order valence-corrected chi connectivity index (χ4v) is 14.4. The van der Waals surface area contributed by atoms with Gasteiger partial charge in [-0.25, -0.2) is 9.13 Å². The Labute approximate surface area is 626 Å². The largest absolute Gasteiger partial charge is 0.472 e. The molecule has 0 aliphatic rings. The molecule has 0 aromatic heterocycles. The van der Waals surface area contributed by atoms with Crippen LogP contribution in [0.3, 0.4) is 0 Å². The van der Waals surface area contributed by atoms with E-state index < -0.39 is 97.5 Å². The second-order valence-corrected chi connectivity index (χ2v) is 33.5. The van der Waals surface area contributed by atoms with E-state index in [9.17, 15) is 43.2 Å². The van der Waals surface area contributed by atoms with E-state index in [4.69, 9.17) is 37.0 Å². The number of unbranched alkanes of at least 4 members (excludes halogenated alkanes) is 51. The van der Waals surface area contributed by atoms with Gasteiger partial charge in [0, 0.05) is 25.7 Å². The van der Waals surface area contributed by atoms with E-state index in [2.05, 4.69) is 41.5 Å². The molecule has 0 radical (unpaired) electrons. The van der Waals surface area contributed by atoms with Gasteiger partial charge in [-0.3, -0.25) is 37.3 Å². The Kier molecular flexibility index (Phi) is 73.1. The van der Waals surface area contributed by atoms with Crippen LogP contribution in [0.15, 0.2) is 0 Å². The van der Waals surface area contributed by atoms with Gasteiger partial charge in [-0.15, -0.1) is 0 Å². The summed E-state index contributed by atoms with van der Waals surface area (Å²) < 4.78 is 68.8. The van der Waals surface area contributed by atoms with E-state index in [0.29, 0.717) is 25.7 Å². The zero-order valence-corrected chi connectivity index (χ0v) is 68.7. The summed E-state index contributed by atoms with van der Waals surface area (Å²) in [6.07, 6.45) is 65.3. The van der Waals surface area contributed by atoms with Gasteiger partial charge in [0.15, 0.2) is 12.2 Å². The molecule has 0 heterocycles. The molecule has 0 saturated carbocycles. The van der Waals surface area contributed by atoms with E-state index in [-0.39, 0.29) is 25.7 Å². The van der Waals surface area contributed by atoms with Crippen molar-refractivity contribution in [3.8, 4) is 0 Å². The fourth-order valence-electron chi connectivity index (χ4n) is 12.9. The number of hydrogen-bond donors (Lipinski definition) is 3. The standard InChI is InChI=1S/C83H162O17P2/c1-7-10-12-14-16-18-20-22-24-26-28-29-31-33-35-39-43-47-55-61-67-82(87)99-78(71-93-80(85)65-59-53-46-42-38-34-32-30-27-25-23-21-19-17-15-13-11-8-2)73-97-101(89,90)95-69-77(84)70-96-102(91,92)98-74-79(72-94-81(86)66-60-54-50-49-52-58-64-76(6)9-3)100-83(88)68-62-56-48-44-40-36-37-41-45-51-57-63-75(4)5/h75-79,84H,7-74H2,1-6H3,(H,89,90)(H,91,92)/t76?,77-,78-,79-/m1/s1. The van der Waals surface area contributed by atoms with E-state index in [0.717, 1.165) is 108 Å². The van der Waals surface area contributed by atoms with Gasteiger partial charge in [0.2, 0.25) is 0 Å². The van der Waals surface area contributed by atoms with Crippen molar-refractivity contribution >= 4 is 39.5 Å². The smallest absolute Gasteiger partial charge is 0.462 e. The van der Waals surface area contributed by atoms with Crippen LogP contribution in [0.4, 0.5) is 0 Å². The molecule has 0 aromatic carbocycles.